The number of hydrogen-bond acceptors (Lipinski definition) is 7. The van der Waals surface area contributed by atoms with Crippen LogP contribution in [0, 0.1) is 0 Å². The molecule has 2 heterocycles. The normalized spacial score (nSPS) is 21.4. The van der Waals surface area contributed by atoms with E-state index in [0.29, 0.717) is 50.3 Å². The van der Waals surface area contributed by atoms with Gasteiger partial charge in [-0.05, 0) is 42.0 Å². The monoisotopic (exact) mass is 594 g/mol. The minimum atomic E-state index is -1.97. The van der Waals surface area contributed by atoms with E-state index in [1.807, 2.05) is 42.5 Å². The van der Waals surface area contributed by atoms with E-state index < -0.39 is 22.7 Å². The van der Waals surface area contributed by atoms with Gasteiger partial charge in [-0.3, -0.25) is 4.79 Å². The topological polar surface area (TPSA) is 103 Å². The summed E-state index contributed by atoms with van der Waals surface area (Å²) in [6.45, 7) is 0. The molecule has 216 valence electrons. The van der Waals surface area contributed by atoms with E-state index in [4.69, 9.17) is 35.5 Å². The molecule has 0 saturated heterocycles. The fourth-order valence-electron chi connectivity index (χ4n) is 6.57. The number of rotatable bonds is 6. The second kappa shape index (κ2) is 9.90. The number of ether oxygens (including phenoxy) is 4. The molecule has 5 aromatic rings. The average molecular weight is 595 g/mol. The largest absolute Gasteiger partial charge is 0.497 e. The highest BCUT2D eigenvalue weighted by Gasteiger charge is 2.73. The second-order valence-electron chi connectivity index (χ2n) is 10.5. The van der Waals surface area contributed by atoms with Gasteiger partial charge in [-0.25, -0.2) is 4.98 Å². The van der Waals surface area contributed by atoms with Gasteiger partial charge >= 0.3 is 0 Å². The lowest BCUT2D eigenvalue weighted by molar-refractivity contribution is -0.0909. The molecule has 7 rings (SSSR count). The van der Waals surface area contributed by atoms with Crippen molar-refractivity contribution < 1.29 is 24.1 Å². The van der Waals surface area contributed by atoms with Crippen LogP contribution < -0.4 is 24.5 Å². The van der Waals surface area contributed by atoms with Gasteiger partial charge in [-0.1, -0.05) is 54.1 Å². The number of aromatic nitrogens is 2. The number of nitrogens with zero attached hydrogens (tertiary/aromatic N) is 1. The number of aliphatic hydroxyl groups is 1. The van der Waals surface area contributed by atoms with Crippen LogP contribution in [0.15, 0.2) is 95.8 Å². The van der Waals surface area contributed by atoms with Gasteiger partial charge < -0.3 is 29.0 Å². The lowest BCUT2D eigenvalue weighted by Crippen LogP contribution is -2.49. The molecule has 0 spiro atoms. The van der Waals surface area contributed by atoms with Crippen molar-refractivity contribution in [2.24, 2.45) is 0 Å². The molecule has 0 radical (unpaired) electrons. The van der Waals surface area contributed by atoms with E-state index in [0.717, 1.165) is 5.56 Å². The van der Waals surface area contributed by atoms with Crippen LogP contribution in [0.4, 0.5) is 0 Å². The maximum absolute atomic E-state index is 14.2. The third-order valence-corrected chi connectivity index (χ3v) is 8.68. The van der Waals surface area contributed by atoms with Crippen LogP contribution in [-0.2, 0) is 11.2 Å². The van der Waals surface area contributed by atoms with Gasteiger partial charge in [0.15, 0.2) is 11.2 Å². The third-order valence-electron chi connectivity index (χ3n) is 8.43. The number of halogens is 1. The zero-order valence-electron chi connectivity index (χ0n) is 23.6. The standard InChI is InChI=1S/C34H27ClN2O6/c1-40-23-15-11-21(12-16-23)34-28(19-7-5-4-6-8-19)27-30(36-31(37-32(27)38)20-9-13-22(35)14-10-20)33(34,39)29-25(42-3)17-24(41-2)18-26(29)43-34/h4-18,28,39H,1-3H3,(H,36,37,38)/t28-,33+,34+/m1/s1. The van der Waals surface area contributed by atoms with Gasteiger partial charge in [-0.15, -0.1) is 0 Å². The first kappa shape index (κ1) is 27.1. The van der Waals surface area contributed by atoms with Gasteiger partial charge in [0.2, 0.25) is 0 Å². The molecule has 2 N–H and O–H groups in total. The molecule has 0 bridgehead atoms. The van der Waals surface area contributed by atoms with Crippen molar-refractivity contribution in [2.75, 3.05) is 21.3 Å². The highest BCUT2D eigenvalue weighted by atomic mass is 35.5. The number of methoxy groups -OCH3 is 3. The quantitative estimate of drug-likeness (QED) is 0.257. The van der Waals surface area contributed by atoms with E-state index in [1.54, 1.807) is 62.8 Å². The summed E-state index contributed by atoms with van der Waals surface area (Å²) in [5.74, 6) is 1.32. The van der Waals surface area contributed by atoms with Crippen molar-refractivity contribution in [1.82, 2.24) is 9.97 Å². The maximum Gasteiger partial charge on any atom is 0.255 e. The zero-order chi connectivity index (χ0) is 29.9. The summed E-state index contributed by atoms with van der Waals surface area (Å²) in [5.41, 5.74) is -1.09. The van der Waals surface area contributed by atoms with E-state index in [1.165, 1.54) is 7.11 Å². The molecule has 1 aliphatic carbocycles. The first-order chi connectivity index (χ1) is 20.8. The molecular formula is C34H27ClN2O6. The lowest BCUT2D eigenvalue weighted by atomic mass is 9.70. The van der Waals surface area contributed by atoms with Crippen LogP contribution in [0.3, 0.4) is 0 Å². The third kappa shape index (κ3) is 3.73. The van der Waals surface area contributed by atoms with Gasteiger partial charge in [0, 0.05) is 28.3 Å². The molecule has 4 aromatic carbocycles. The summed E-state index contributed by atoms with van der Waals surface area (Å²) in [6, 6.07) is 27.2. The molecule has 1 aliphatic heterocycles. The van der Waals surface area contributed by atoms with Crippen molar-refractivity contribution in [3.63, 3.8) is 0 Å². The Bertz CT molecular complexity index is 1910. The number of H-pyrrole nitrogens is 1. The summed E-state index contributed by atoms with van der Waals surface area (Å²) >= 11 is 6.15. The molecule has 3 atom stereocenters. The molecule has 0 amide bonds. The number of hydrogen-bond donors (Lipinski definition) is 2. The van der Waals surface area contributed by atoms with Crippen LogP contribution in [0.1, 0.15) is 33.9 Å². The van der Waals surface area contributed by atoms with Crippen molar-refractivity contribution in [3.05, 3.63) is 134 Å². The Balaban J connectivity index is 1.63. The molecular weight excluding hydrogens is 568 g/mol. The Morgan fingerprint density at radius 2 is 1.58 bits per heavy atom. The van der Waals surface area contributed by atoms with E-state index in [9.17, 15) is 9.90 Å². The summed E-state index contributed by atoms with van der Waals surface area (Å²) in [4.78, 5) is 22.2. The Morgan fingerprint density at radius 3 is 2.23 bits per heavy atom. The van der Waals surface area contributed by atoms with E-state index in [2.05, 4.69) is 4.98 Å². The molecule has 0 unspecified atom stereocenters. The van der Waals surface area contributed by atoms with Crippen molar-refractivity contribution in [1.29, 1.82) is 0 Å². The fraction of sp³-hybridized carbons (Fsp3) is 0.176. The highest BCUT2D eigenvalue weighted by molar-refractivity contribution is 6.30. The first-order valence-corrected chi connectivity index (χ1v) is 14.0. The van der Waals surface area contributed by atoms with Crippen LogP contribution >= 0.6 is 11.6 Å². The molecule has 0 saturated carbocycles. The summed E-state index contributed by atoms with van der Waals surface area (Å²) in [7, 11) is 4.65. The lowest BCUT2D eigenvalue weighted by Gasteiger charge is -2.40. The van der Waals surface area contributed by atoms with Crippen LogP contribution in [-0.4, -0.2) is 36.4 Å². The maximum atomic E-state index is 14.2. The van der Waals surface area contributed by atoms with Crippen molar-refractivity contribution >= 4 is 11.6 Å². The molecule has 0 fully saturated rings. The Kier molecular flexibility index (Phi) is 6.23. The Hall–Kier alpha value is -4.79. The number of nitrogens with one attached hydrogen (secondary N) is 1. The summed E-state index contributed by atoms with van der Waals surface area (Å²) in [5, 5.41) is 13.9. The first-order valence-electron chi connectivity index (χ1n) is 13.6. The Labute approximate surface area is 252 Å². The van der Waals surface area contributed by atoms with Gasteiger partial charge in [0.05, 0.1) is 44.1 Å². The predicted molar refractivity (Wildman–Crippen MR) is 161 cm³/mol. The predicted octanol–water partition coefficient (Wildman–Crippen LogP) is 5.79. The van der Waals surface area contributed by atoms with E-state index >= 15 is 0 Å². The number of benzene rings is 4. The second-order valence-corrected chi connectivity index (χ2v) is 10.9. The number of fused-ring (bicyclic) bond motifs is 5. The minimum Gasteiger partial charge on any atom is -0.497 e. The summed E-state index contributed by atoms with van der Waals surface area (Å²) in [6.07, 6.45) is 0. The van der Waals surface area contributed by atoms with Crippen molar-refractivity contribution in [2.45, 2.75) is 17.1 Å². The number of aromatic amines is 1. The highest BCUT2D eigenvalue weighted by Crippen LogP contribution is 2.69. The van der Waals surface area contributed by atoms with Gasteiger partial charge in [-0.2, -0.15) is 0 Å². The minimum absolute atomic E-state index is 0.174. The SMILES string of the molecule is COc1ccc([C@@]23Oc4cc(OC)cc(OC)c4[C@]2(O)c2nc(-c4ccc(Cl)cc4)[nH]c(=O)c2[C@H]3c2ccccc2)cc1. The summed E-state index contributed by atoms with van der Waals surface area (Å²) < 4.78 is 23.8. The van der Waals surface area contributed by atoms with Crippen LogP contribution in [0.2, 0.25) is 5.02 Å². The Morgan fingerprint density at radius 1 is 0.884 bits per heavy atom. The molecule has 2 aliphatic rings. The molecule has 43 heavy (non-hydrogen) atoms. The smallest absolute Gasteiger partial charge is 0.255 e. The van der Waals surface area contributed by atoms with Gasteiger partial charge in [0.1, 0.15) is 28.8 Å². The zero-order valence-corrected chi connectivity index (χ0v) is 24.3. The van der Waals surface area contributed by atoms with Crippen molar-refractivity contribution in [3.8, 4) is 34.4 Å². The van der Waals surface area contributed by atoms with Crippen LogP contribution in [0.25, 0.3) is 11.4 Å². The average Bonchev–Trinajstić information content (AvgIpc) is 3.44. The molecule has 8 nitrogen and oxygen atoms in total. The molecule has 9 heteroatoms. The fourth-order valence-corrected chi connectivity index (χ4v) is 6.70. The van der Waals surface area contributed by atoms with Gasteiger partial charge in [0.25, 0.3) is 5.56 Å². The van der Waals surface area contributed by atoms with E-state index in [-0.39, 0.29) is 11.5 Å². The van der Waals surface area contributed by atoms with Crippen LogP contribution in [0.5, 0.6) is 23.0 Å². The molecule has 1 aromatic heterocycles.